The normalized spacial score (nSPS) is 12.4. The number of carbonyl (C=O) groups is 3. The topological polar surface area (TPSA) is 72.9 Å². The molecule has 0 radical (unpaired) electrons. The number of hydrogen-bond acceptors (Lipinski definition) is 5. The third-order valence-electron chi connectivity index (χ3n) is 6.68. The van der Waals surface area contributed by atoms with E-state index >= 15 is 0 Å². The molecule has 5 aromatic rings. The Morgan fingerprint density at radius 1 is 0.634 bits per heavy atom. The third kappa shape index (κ3) is 5.40. The number of amides is 2. The minimum absolute atomic E-state index is 0.218. The molecule has 0 atom stereocenters. The highest BCUT2D eigenvalue weighted by molar-refractivity contribution is 9.10. The van der Waals surface area contributed by atoms with Crippen molar-refractivity contribution in [1.82, 2.24) is 0 Å². The molecule has 5 aromatic carbocycles. The number of fused-ring (bicyclic) bond motifs is 1. The SMILES string of the molecule is O=C(OC(c1ccccc1)c1ccccc1)c1cccc(N2C(=O)c3ccc(Oc4ccc(Br)cc4)cc3C2=O)c1. The van der Waals surface area contributed by atoms with Crippen LogP contribution in [0, 0.1) is 0 Å². The van der Waals surface area contributed by atoms with Gasteiger partial charge in [-0.15, -0.1) is 0 Å². The van der Waals surface area contributed by atoms with Crippen LogP contribution in [-0.4, -0.2) is 17.8 Å². The number of nitrogens with zero attached hydrogens (tertiary/aromatic N) is 1. The molecule has 0 saturated carbocycles. The summed E-state index contributed by atoms with van der Waals surface area (Å²) in [7, 11) is 0. The van der Waals surface area contributed by atoms with Crippen molar-refractivity contribution < 1.29 is 23.9 Å². The predicted octanol–water partition coefficient (Wildman–Crippen LogP) is 7.99. The summed E-state index contributed by atoms with van der Waals surface area (Å²) in [5, 5.41) is 0. The van der Waals surface area contributed by atoms with E-state index in [0.29, 0.717) is 11.5 Å². The first kappa shape index (κ1) is 26.2. The molecule has 1 aliphatic rings. The monoisotopic (exact) mass is 603 g/mol. The fraction of sp³-hybridized carbons (Fsp3) is 0.0294. The highest BCUT2D eigenvalue weighted by Crippen LogP contribution is 2.34. The van der Waals surface area contributed by atoms with Gasteiger partial charge >= 0.3 is 5.97 Å². The largest absolute Gasteiger partial charge is 0.457 e. The standard InChI is InChI=1S/C34H22BrNO5/c35-25-14-16-27(17-15-25)40-28-18-19-29-30(21-28)33(38)36(32(29)37)26-13-7-12-24(20-26)34(39)41-31(22-8-3-1-4-9-22)23-10-5-2-6-11-23/h1-21,31H. The molecule has 1 heterocycles. The second kappa shape index (κ2) is 11.2. The van der Waals surface area contributed by atoms with Crippen LogP contribution in [0.15, 0.2) is 132 Å². The summed E-state index contributed by atoms with van der Waals surface area (Å²) in [6.07, 6.45) is -0.628. The Bertz CT molecular complexity index is 1710. The molecule has 2 amide bonds. The van der Waals surface area contributed by atoms with Crippen LogP contribution in [0.1, 0.15) is 48.3 Å². The fourth-order valence-corrected chi connectivity index (χ4v) is 4.95. The average Bonchev–Trinajstić information content (AvgIpc) is 3.26. The molecule has 0 N–H and O–H groups in total. The van der Waals surface area contributed by atoms with Gasteiger partial charge in [0.25, 0.3) is 11.8 Å². The number of esters is 1. The summed E-state index contributed by atoms with van der Waals surface area (Å²) < 4.78 is 12.8. The van der Waals surface area contributed by atoms with Gasteiger partial charge in [-0.1, -0.05) is 82.7 Å². The Balaban J connectivity index is 1.25. The summed E-state index contributed by atoms with van der Waals surface area (Å²) in [5.74, 6) is -0.525. The van der Waals surface area contributed by atoms with Crippen LogP contribution < -0.4 is 9.64 Å². The van der Waals surface area contributed by atoms with Crippen molar-refractivity contribution in [2.45, 2.75) is 6.10 Å². The van der Waals surface area contributed by atoms with Gasteiger partial charge in [-0.2, -0.15) is 0 Å². The second-order valence-electron chi connectivity index (χ2n) is 9.37. The van der Waals surface area contributed by atoms with Gasteiger partial charge in [0.15, 0.2) is 6.10 Å². The lowest BCUT2D eigenvalue weighted by Crippen LogP contribution is -2.29. The van der Waals surface area contributed by atoms with Crippen molar-refractivity contribution in [3.8, 4) is 11.5 Å². The van der Waals surface area contributed by atoms with Crippen molar-refractivity contribution >= 4 is 39.4 Å². The van der Waals surface area contributed by atoms with E-state index in [1.54, 1.807) is 48.5 Å². The molecule has 6 rings (SSSR count). The molecule has 1 aliphatic heterocycles. The van der Waals surface area contributed by atoms with Gasteiger partial charge in [0.1, 0.15) is 11.5 Å². The van der Waals surface area contributed by atoms with Crippen LogP contribution in [0.2, 0.25) is 0 Å². The van der Waals surface area contributed by atoms with Gasteiger partial charge < -0.3 is 9.47 Å². The Morgan fingerprint density at radius 3 is 1.90 bits per heavy atom. The fourth-order valence-electron chi connectivity index (χ4n) is 4.69. The van der Waals surface area contributed by atoms with E-state index in [1.165, 1.54) is 6.07 Å². The first-order valence-electron chi connectivity index (χ1n) is 12.8. The molecule has 0 unspecified atom stereocenters. The van der Waals surface area contributed by atoms with E-state index in [2.05, 4.69) is 15.9 Å². The van der Waals surface area contributed by atoms with Crippen molar-refractivity contribution in [2.75, 3.05) is 4.90 Å². The molecule has 0 bridgehead atoms. The lowest BCUT2D eigenvalue weighted by atomic mass is 10.0. The predicted molar refractivity (Wildman–Crippen MR) is 158 cm³/mol. The molecule has 200 valence electrons. The number of rotatable bonds is 7. The summed E-state index contributed by atoms with van der Waals surface area (Å²) in [5.41, 5.74) is 2.63. The Labute approximate surface area is 244 Å². The first-order chi connectivity index (χ1) is 20.0. The zero-order valence-electron chi connectivity index (χ0n) is 21.6. The van der Waals surface area contributed by atoms with Gasteiger partial charge in [0, 0.05) is 4.47 Å². The van der Waals surface area contributed by atoms with Gasteiger partial charge in [-0.25, -0.2) is 9.69 Å². The number of imide groups is 1. The maximum Gasteiger partial charge on any atom is 0.339 e. The van der Waals surface area contributed by atoms with Crippen molar-refractivity contribution in [1.29, 1.82) is 0 Å². The first-order valence-corrected chi connectivity index (χ1v) is 13.6. The lowest BCUT2D eigenvalue weighted by molar-refractivity contribution is 0.0377. The van der Waals surface area contributed by atoms with Crippen LogP contribution in [-0.2, 0) is 4.74 Å². The maximum atomic E-state index is 13.4. The zero-order valence-corrected chi connectivity index (χ0v) is 23.2. The molecule has 41 heavy (non-hydrogen) atoms. The van der Waals surface area contributed by atoms with Crippen molar-refractivity contribution in [3.63, 3.8) is 0 Å². The van der Waals surface area contributed by atoms with Crippen LogP contribution in [0.25, 0.3) is 0 Å². The number of carbonyl (C=O) groups excluding carboxylic acids is 3. The molecule has 0 aromatic heterocycles. The number of benzene rings is 5. The summed E-state index contributed by atoms with van der Waals surface area (Å²) in [4.78, 5) is 41.1. The quantitative estimate of drug-likeness (QED) is 0.139. The number of halogens is 1. The van der Waals surface area contributed by atoms with E-state index in [0.717, 1.165) is 20.5 Å². The number of ether oxygens (including phenoxy) is 2. The van der Waals surface area contributed by atoms with E-state index in [1.807, 2.05) is 72.8 Å². The summed E-state index contributed by atoms with van der Waals surface area (Å²) >= 11 is 3.39. The van der Waals surface area contributed by atoms with Gasteiger partial charge in [-0.05, 0) is 71.8 Å². The maximum absolute atomic E-state index is 13.4. The van der Waals surface area contributed by atoms with E-state index in [-0.39, 0.29) is 22.4 Å². The highest BCUT2D eigenvalue weighted by atomic mass is 79.9. The molecule has 0 spiro atoms. The zero-order chi connectivity index (χ0) is 28.3. The number of hydrogen-bond donors (Lipinski definition) is 0. The Kier molecular flexibility index (Phi) is 7.18. The minimum atomic E-state index is -0.628. The minimum Gasteiger partial charge on any atom is -0.457 e. The molecular weight excluding hydrogens is 582 g/mol. The smallest absolute Gasteiger partial charge is 0.339 e. The van der Waals surface area contributed by atoms with Gasteiger partial charge in [0.05, 0.1) is 22.4 Å². The van der Waals surface area contributed by atoms with E-state index in [9.17, 15) is 14.4 Å². The Morgan fingerprint density at radius 2 is 1.24 bits per heavy atom. The van der Waals surface area contributed by atoms with Crippen molar-refractivity contribution in [2.24, 2.45) is 0 Å². The average molecular weight is 604 g/mol. The van der Waals surface area contributed by atoms with Crippen molar-refractivity contribution in [3.05, 3.63) is 160 Å². The third-order valence-corrected chi connectivity index (χ3v) is 7.21. The van der Waals surface area contributed by atoms with E-state index in [4.69, 9.17) is 9.47 Å². The van der Waals surface area contributed by atoms with E-state index < -0.39 is 23.9 Å². The van der Waals surface area contributed by atoms with Gasteiger partial charge in [-0.3, -0.25) is 9.59 Å². The molecule has 0 saturated heterocycles. The molecule has 6 nitrogen and oxygen atoms in total. The molecular formula is C34H22BrNO5. The van der Waals surface area contributed by atoms with Crippen LogP contribution in [0.5, 0.6) is 11.5 Å². The number of anilines is 1. The molecule has 7 heteroatoms. The second-order valence-corrected chi connectivity index (χ2v) is 10.3. The lowest BCUT2D eigenvalue weighted by Gasteiger charge is -2.20. The molecule has 0 fully saturated rings. The van der Waals surface area contributed by atoms with Crippen LogP contribution >= 0.6 is 15.9 Å². The Hall–Kier alpha value is -5.01. The van der Waals surface area contributed by atoms with Gasteiger partial charge in [0.2, 0.25) is 0 Å². The molecule has 0 aliphatic carbocycles. The summed E-state index contributed by atoms with van der Waals surface area (Å²) in [6.45, 7) is 0. The highest BCUT2D eigenvalue weighted by Gasteiger charge is 2.37. The van der Waals surface area contributed by atoms with Crippen LogP contribution in [0.4, 0.5) is 5.69 Å². The summed E-state index contributed by atoms with van der Waals surface area (Å²) in [6, 6.07) is 37.3. The van der Waals surface area contributed by atoms with Crippen LogP contribution in [0.3, 0.4) is 0 Å².